The van der Waals surface area contributed by atoms with Gasteiger partial charge in [0, 0.05) is 61.9 Å². The summed E-state index contributed by atoms with van der Waals surface area (Å²) in [6, 6.07) is 19.1. The number of benzene rings is 2. The molecule has 2 saturated heterocycles. The van der Waals surface area contributed by atoms with Crippen LogP contribution in [0, 0.1) is 5.41 Å². The molecule has 4 rings (SSSR count). The second-order valence-electron chi connectivity index (χ2n) is 11.4. The number of piperidine rings is 1. The predicted molar refractivity (Wildman–Crippen MR) is 145 cm³/mol. The van der Waals surface area contributed by atoms with Gasteiger partial charge in [-0.05, 0) is 45.0 Å². The summed E-state index contributed by atoms with van der Waals surface area (Å²) in [6.07, 6.45) is 2.20. The third-order valence-electron chi connectivity index (χ3n) is 7.49. The molecule has 2 fully saturated rings. The Hall–Kier alpha value is -2.90. The number of rotatable bonds is 7. The summed E-state index contributed by atoms with van der Waals surface area (Å²) in [6.45, 7) is 13.2. The van der Waals surface area contributed by atoms with Crippen LogP contribution in [0.15, 0.2) is 54.6 Å². The summed E-state index contributed by atoms with van der Waals surface area (Å²) in [7, 11) is 0. The lowest BCUT2D eigenvalue weighted by atomic mass is 9.98. The molecular formula is C29H42N5O2+. The van der Waals surface area contributed by atoms with Gasteiger partial charge in [0.1, 0.15) is 18.0 Å². The van der Waals surface area contributed by atoms with Gasteiger partial charge in [-0.15, -0.1) is 0 Å². The van der Waals surface area contributed by atoms with Crippen LogP contribution in [0.4, 0.5) is 5.69 Å². The molecule has 2 heterocycles. The zero-order chi connectivity index (χ0) is 25.8. The molecule has 0 spiro atoms. The van der Waals surface area contributed by atoms with Crippen LogP contribution >= 0.6 is 0 Å². The molecule has 0 bridgehead atoms. The molecule has 194 valence electrons. The third-order valence-corrected chi connectivity index (χ3v) is 7.49. The smallest absolute Gasteiger partial charge is 0.362 e. The molecule has 0 atom stereocenters. The summed E-state index contributed by atoms with van der Waals surface area (Å²) in [5.74, 6) is 0.0124. The van der Waals surface area contributed by atoms with E-state index in [1.807, 2.05) is 39.0 Å². The summed E-state index contributed by atoms with van der Waals surface area (Å²) < 4.78 is 6.51. The van der Waals surface area contributed by atoms with E-state index in [0.29, 0.717) is 12.6 Å². The van der Waals surface area contributed by atoms with Crippen LogP contribution in [0.1, 0.15) is 44.7 Å². The van der Waals surface area contributed by atoms with E-state index in [0.717, 1.165) is 68.7 Å². The molecule has 0 aromatic heterocycles. The van der Waals surface area contributed by atoms with Gasteiger partial charge in [0.15, 0.2) is 6.54 Å². The zero-order valence-electron chi connectivity index (χ0n) is 22.1. The van der Waals surface area contributed by atoms with Gasteiger partial charge in [-0.25, -0.2) is 4.79 Å². The number of hydrogen-bond donors (Lipinski definition) is 2. The van der Waals surface area contributed by atoms with Crippen LogP contribution < -0.4 is 10.6 Å². The van der Waals surface area contributed by atoms with Crippen molar-refractivity contribution in [2.75, 3.05) is 50.7 Å². The number of amidine groups is 1. The van der Waals surface area contributed by atoms with E-state index in [1.165, 1.54) is 11.3 Å². The lowest BCUT2D eigenvalue weighted by Gasteiger charge is -2.47. The molecule has 3 N–H and O–H groups in total. The van der Waals surface area contributed by atoms with E-state index in [4.69, 9.17) is 15.9 Å². The number of nitrogen functional groups attached to an aromatic ring is 1. The van der Waals surface area contributed by atoms with Crippen molar-refractivity contribution >= 4 is 17.5 Å². The first-order valence-electron chi connectivity index (χ1n) is 13.2. The van der Waals surface area contributed by atoms with Crippen LogP contribution in [-0.4, -0.2) is 78.6 Å². The molecule has 0 saturated carbocycles. The second kappa shape index (κ2) is 11.0. The third kappa shape index (κ3) is 6.86. The number of likely N-dealkylation sites (tertiary alicyclic amines) is 1. The molecule has 2 aromatic carbocycles. The van der Waals surface area contributed by atoms with E-state index in [1.54, 1.807) is 0 Å². The molecule has 0 radical (unpaired) electrons. The highest BCUT2D eigenvalue weighted by Crippen LogP contribution is 2.28. The number of carbonyl (C=O) groups excluding carboxylic acids is 1. The average Bonchev–Trinajstić information content (AvgIpc) is 2.84. The highest BCUT2D eigenvalue weighted by atomic mass is 16.6. The number of nitrogens with one attached hydrogen (secondary N) is 1. The SMILES string of the molecule is CC(C)(C)OC(=O)C[N@+]1(Cc2ccccc2)CC[C@@H](N2CCN(c3ccc(C(=N)N)cc3)CC2)CC1. The van der Waals surface area contributed by atoms with Crippen LogP contribution in [0.3, 0.4) is 0 Å². The number of anilines is 1. The standard InChI is InChI=1S/C29H42N5O2/c1-29(2,3)36-27(35)22-34(21-23-7-5-4-6-8-23)19-13-26(14-20-34)33-17-15-32(16-18-33)25-11-9-24(10-12-25)28(30)31/h4-12,26H,13-22H2,1-3H3,(H3,30,31)/q+1/t26-,34-. The Bertz CT molecular complexity index is 1020. The summed E-state index contributed by atoms with van der Waals surface area (Å²) in [5, 5.41) is 7.59. The van der Waals surface area contributed by atoms with Gasteiger partial charge < -0.3 is 19.9 Å². The summed E-state index contributed by atoms with van der Waals surface area (Å²) in [4.78, 5) is 17.9. The number of quaternary nitrogens is 1. The van der Waals surface area contributed by atoms with Gasteiger partial charge in [0.25, 0.3) is 0 Å². The van der Waals surface area contributed by atoms with Crippen LogP contribution in [0.25, 0.3) is 0 Å². The van der Waals surface area contributed by atoms with E-state index in [2.05, 4.69) is 46.2 Å². The Morgan fingerprint density at radius 2 is 1.61 bits per heavy atom. The van der Waals surface area contributed by atoms with Gasteiger partial charge in [-0.2, -0.15) is 0 Å². The Morgan fingerprint density at radius 1 is 1.00 bits per heavy atom. The number of hydrogen-bond acceptors (Lipinski definition) is 5. The summed E-state index contributed by atoms with van der Waals surface area (Å²) in [5.41, 5.74) is 8.38. The first kappa shape index (κ1) is 26.2. The van der Waals surface area contributed by atoms with Crippen molar-refractivity contribution in [3.05, 3.63) is 65.7 Å². The molecule has 36 heavy (non-hydrogen) atoms. The fourth-order valence-corrected chi connectivity index (χ4v) is 5.65. The maximum absolute atomic E-state index is 12.9. The fourth-order valence-electron chi connectivity index (χ4n) is 5.65. The highest BCUT2D eigenvalue weighted by Gasteiger charge is 2.39. The second-order valence-corrected chi connectivity index (χ2v) is 11.4. The van der Waals surface area contributed by atoms with E-state index < -0.39 is 5.60 Å². The first-order valence-corrected chi connectivity index (χ1v) is 13.2. The molecule has 0 aliphatic carbocycles. The minimum atomic E-state index is -0.460. The quantitative estimate of drug-likeness (QED) is 0.267. The summed E-state index contributed by atoms with van der Waals surface area (Å²) >= 11 is 0. The van der Waals surface area contributed by atoms with Gasteiger partial charge >= 0.3 is 5.97 Å². The molecule has 0 unspecified atom stereocenters. The Balaban J connectivity index is 1.35. The van der Waals surface area contributed by atoms with Crippen LogP contribution in [-0.2, 0) is 16.1 Å². The topological polar surface area (TPSA) is 82.7 Å². The molecule has 2 aliphatic heterocycles. The minimum Gasteiger partial charge on any atom is -0.456 e. The molecule has 2 aliphatic rings. The average molecular weight is 493 g/mol. The number of piperazine rings is 1. The van der Waals surface area contributed by atoms with Gasteiger partial charge in [0.05, 0.1) is 13.1 Å². The molecule has 7 nitrogen and oxygen atoms in total. The van der Waals surface area contributed by atoms with Crippen molar-refractivity contribution in [2.45, 2.75) is 51.8 Å². The predicted octanol–water partition coefficient (Wildman–Crippen LogP) is 3.61. The number of carbonyl (C=O) groups is 1. The highest BCUT2D eigenvalue weighted by molar-refractivity contribution is 5.95. The van der Waals surface area contributed by atoms with Crippen molar-refractivity contribution in [1.29, 1.82) is 5.41 Å². The van der Waals surface area contributed by atoms with E-state index in [-0.39, 0.29) is 11.8 Å². The van der Waals surface area contributed by atoms with E-state index in [9.17, 15) is 4.79 Å². The van der Waals surface area contributed by atoms with Crippen molar-refractivity contribution in [3.8, 4) is 0 Å². The van der Waals surface area contributed by atoms with Gasteiger partial charge in [-0.1, -0.05) is 30.3 Å². The minimum absolute atomic E-state index is 0.0960. The van der Waals surface area contributed by atoms with Crippen LogP contribution in [0.2, 0.25) is 0 Å². The van der Waals surface area contributed by atoms with E-state index >= 15 is 0 Å². The largest absolute Gasteiger partial charge is 0.456 e. The van der Waals surface area contributed by atoms with Gasteiger partial charge in [-0.3, -0.25) is 10.3 Å². The molecule has 7 heteroatoms. The molecular weight excluding hydrogens is 450 g/mol. The van der Waals surface area contributed by atoms with Gasteiger partial charge in [0.2, 0.25) is 0 Å². The maximum Gasteiger partial charge on any atom is 0.362 e. The van der Waals surface area contributed by atoms with Crippen molar-refractivity contribution in [3.63, 3.8) is 0 Å². The number of nitrogens with zero attached hydrogens (tertiary/aromatic N) is 3. The normalized spacial score (nSPS) is 23.3. The fraction of sp³-hybridized carbons (Fsp3) is 0.517. The van der Waals surface area contributed by atoms with Crippen molar-refractivity contribution in [1.82, 2.24) is 4.90 Å². The Labute approximate surface area is 215 Å². The Kier molecular flexibility index (Phi) is 8.00. The van der Waals surface area contributed by atoms with Crippen LogP contribution in [0.5, 0.6) is 0 Å². The number of esters is 1. The lowest BCUT2D eigenvalue weighted by Crippen LogP contribution is -2.60. The molecule has 2 aromatic rings. The molecule has 0 amide bonds. The van der Waals surface area contributed by atoms with Crippen molar-refractivity contribution in [2.24, 2.45) is 5.73 Å². The zero-order valence-corrected chi connectivity index (χ0v) is 22.1. The lowest BCUT2D eigenvalue weighted by molar-refractivity contribution is -0.939. The number of nitrogens with two attached hydrogens (primary N) is 1. The number of ether oxygens (including phenoxy) is 1. The van der Waals surface area contributed by atoms with Crippen molar-refractivity contribution < 1.29 is 14.0 Å². The maximum atomic E-state index is 12.9. The first-order chi connectivity index (χ1) is 17.1. The monoisotopic (exact) mass is 492 g/mol. The Morgan fingerprint density at radius 3 is 2.17 bits per heavy atom.